The lowest BCUT2D eigenvalue weighted by Crippen LogP contribution is -2.16. The maximum atomic E-state index is 13.0. The van der Waals surface area contributed by atoms with Crippen LogP contribution < -0.4 is 5.32 Å². The van der Waals surface area contributed by atoms with E-state index in [1.54, 1.807) is 0 Å². The van der Waals surface area contributed by atoms with Crippen LogP contribution in [0.15, 0.2) is 33.8 Å². The van der Waals surface area contributed by atoms with Crippen LogP contribution in [0.3, 0.4) is 0 Å². The number of amides is 1. The Morgan fingerprint density at radius 1 is 1.28 bits per heavy atom. The van der Waals surface area contributed by atoms with Gasteiger partial charge in [0.05, 0.1) is 4.47 Å². The summed E-state index contributed by atoms with van der Waals surface area (Å²) in [4.78, 5) is 22.4. The molecule has 0 unspecified atom stereocenters. The van der Waals surface area contributed by atoms with Crippen LogP contribution in [0.4, 0.5) is 10.1 Å². The van der Waals surface area contributed by atoms with Crippen LogP contribution in [0.5, 0.6) is 0 Å². The summed E-state index contributed by atoms with van der Waals surface area (Å²) in [5.74, 6) is -2.13. The molecule has 1 aromatic carbocycles. The van der Waals surface area contributed by atoms with E-state index in [0.29, 0.717) is 5.69 Å². The van der Waals surface area contributed by atoms with Crippen LogP contribution in [-0.2, 0) is 9.59 Å². The maximum Gasteiger partial charge on any atom is 0.331 e. The van der Waals surface area contributed by atoms with Crippen LogP contribution in [-0.4, -0.2) is 17.0 Å². The number of carbonyl (C=O) groups excluding carboxylic acids is 1. The molecule has 0 aromatic heterocycles. The Morgan fingerprint density at radius 2 is 1.89 bits per heavy atom. The molecule has 0 atom stereocenters. The van der Waals surface area contributed by atoms with Gasteiger partial charge in [0.2, 0.25) is 0 Å². The minimum atomic E-state index is -1.15. The van der Waals surface area contributed by atoms with Crippen LogP contribution in [0.1, 0.15) is 13.8 Å². The molecule has 0 saturated carbocycles. The van der Waals surface area contributed by atoms with E-state index >= 15 is 0 Å². The molecule has 0 saturated heterocycles. The highest BCUT2D eigenvalue weighted by Gasteiger charge is 2.13. The van der Waals surface area contributed by atoms with E-state index < -0.39 is 17.7 Å². The Balaban J connectivity index is 2.92. The molecule has 0 aliphatic heterocycles. The molecule has 0 aliphatic rings. The number of aliphatic carboxylic acids is 1. The van der Waals surface area contributed by atoms with E-state index in [1.165, 1.54) is 32.0 Å². The normalized spacial score (nSPS) is 11.8. The van der Waals surface area contributed by atoms with Crippen molar-refractivity contribution in [1.29, 1.82) is 0 Å². The molecular formula is C12H11BrFNO3. The molecule has 0 spiro atoms. The van der Waals surface area contributed by atoms with Crippen molar-refractivity contribution in [2.75, 3.05) is 5.32 Å². The Morgan fingerprint density at radius 3 is 2.39 bits per heavy atom. The predicted molar refractivity (Wildman–Crippen MR) is 68.7 cm³/mol. The van der Waals surface area contributed by atoms with Gasteiger partial charge in [-0.1, -0.05) is 0 Å². The van der Waals surface area contributed by atoms with E-state index in [4.69, 9.17) is 5.11 Å². The van der Waals surface area contributed by atoms with Crippen molar-refractivity contribution in [3.8, 4) is 0 Å². The molecule has 1 rings (SSSR count). The summed E-state index contributed by atoms with van der Waals surface area (Å²) in [6.45, 7) is 2.76. The Kier molecular flexibility index (Phi) is 4.61. The fourth-order valence-corrected chi connectivity index (χ4v) is 1.51. The van der Waals surface area contributed by atoms with Crippen molar-refractivity contribution >= 4 is 33.5 Å². The molecule has 1 aromatic rings. The lowest BCUT2D eigenvalue weighted by atomic mass is 10.1. The fourth-order valence-electron chi connectivity index (χ4n) is 1.13. The van der Waals surface area contributed by atoms with Crippen molar-refractivity contribution in [1.82, 2.24) is 0 Å². The first-order valence-electron chi connectivity index (χ1n) is 5.00. The second-order valence-electron chi connectivity index (χ2n) is 3.64. The predicted octanol–water partition coefficient (Wildman–Crippen LogP) is 2.95. The Bertz CT molecular complexity index is 540. The lowest BCUT2D eigenvalue weighted by Gasteiger charge is -2.07. The SMILES string of the molecule is C/C(C(=O)O)=C(/C)C(=O)Nc1ccc(F)c(Br)c1. The summed E-state index contributed by atoms with van der Waals surface area (Å²) in [6, 6.07) is 3.99. The lowest BCUT2D eigenvalue weighted by molar-refractivity contribution is -0.133. The summed E-state index contributed by atoms with van der Waals surface area (Å²) in [6.07, 6.45) is 0. The van der Waals surface area contributed by atoms with Gasteiger partial charge in [-0.05, 0) is 48.0 Å². The standard InChI is InChI=1S/C12H11BrFNO3/c1-6(7(2)12(17)18)11(16)15-8-3-4-10(14)9(13)5-8/h3-5H,1-2H3,(H,15,16)(H,17,18)/b7-6+. The zero-order valence-electron chi connectivity index (χ0n) is 9.75. The zero-order chi connectivity index (χ0) is 13.9. The van der Waals surface area contributed by atoms with E-state index in [2.05, 4.69) is 21.2 Å². The van der Waals surface area contributed by atoms with E-state index in [0.717, 1.165) is 0 Å². The smallest absolute Gasteiger partial charge is 0.331 e. The number of hydrogen-bond donors (Lipinski definition) is 2. The summed E-state index contributed by atoms with van der Waals surface area (Å²) in [5, 5.41) is 11.2. The van der Waals surface area contributed by atoms with Crippen LogP contribution in [0.2, 0.25) is 0 Å². The molecular weight excluding hydrogens is 305 g/mol. The first-order valence-corrected chi connectivity index (χ1v) is 5.79. The molecule has 0 heterocycles. The fraction of sp³-hybridized carbons (Fsp3) is 0.167. The first kappa shape index (κ1) is 14.4. The number of hydrogen-bond acceptors (Lipinski definition) is 2. The van der Waals surface area contributed by atoms with Gasteiger partial charge in [-0.2, -0.15) is 0 Å². The van der Waals surface area contributed by atoms with E-state index in [-0.39, 0.29) is 15.6 Å². The summed E-state index contributed by atoms with van der Waals surface area (Å²) in [5.41, 5.74) is 0.447. The average Bonchev–Trinajstić information content (AvgIpc) is 2.31. The molecule has 0 radical (unpaired) electrons. The van der Waals surface area contributed by atoms with Gasteiger partial charge in [-0.25, -0.2) is 9.18 Å². The third kappa shape index (κ3) is 3.40. The van der Waals surface area contributed by atoms with E-state index in [9.17, 15) is 14.0 Å². The van der Waals surface area contributed by atoms with Gasteiger partial charge in [0.25, 0.3) is 5.91 Å². The van der Waals surface area contributed by atoms with Crippen LogP contribution in [0.25, 0.3) is 0 Å². The number of benzene rings is 1. The molecule has 0 aliphatic carbocycles. The number of rotatable bonds is 3. The average molecular weight is 316 g/mol. The number of anilines is 1. The van der Waals surface area contributed by atoms with Crippen molar-refractivity contribution in [3.63, 3.8) is 0 Å². The van der Waals surface area contributed by atoms with Gasteiger partial charge in [0, 0.05) is 16.8 Å². The number of carboxylic acid groups (broad SMARTS) is 1. The van der Waals surface area contributed by atoms with Crippen LogP contribution in [0, 0.1) is 5.82 Å². The maximum absolute atomic E-state index is 13.0. The minimum Gasteiger partial charge on any atom is -0.478 e. The molecule has 2 N–H and O–H groups in total. The molecule has 96 valence electrons. The highest BCUT2D eigenvalue weighted by atomic mass is 79.9. The summed E-state index contributed by atoms with van der Waals surface area (Å²) in [7, 11) is 0. The number of halogens is 2. The molecule has 0 bridgehead atoms. The zero-order valence-corrected chi connectivity index (χ0v) is 11.3. The van der Waals surface area contributed by atoms with Crippen LogP contribution >= 0.6 is 15.9 Å². The number of carbonyl (C=O) groups is 2. The van der Waals surface area contributed by atoms with Crippen molar-refractivity contribution in [2.24, 2.45) is 0 Å². The summed E-state index contributed by atoms with van der Waals surface area (Å²) < 4.78 is 13.2. The molecule has 4 nitrogen and oxygen atoms in total. The van der Waals surface area contributed by atoms with Gasteiger partial charge >= 0.3 is 5.97 Å². The van der Waals surface area contributed by atoms with Gasteiger partial charge in [0.15, 0.2) is 0 Å². The molecule has 18 heavy (non-hydrogen) atoms. The highest BCUT2D eigenvalue weighted by molar-refractivity contribution is 9.10. The number of nitrogens with one attached hydrogen (secondary N) is 1. The quantitative estimate of drug-likeness (QED) is 0.843. The highest BCUT2D eigenvalue weighted by Crippen LogP contribution is 2.20. The van der Waals surface area contributed by atoms with Gasteiger partial charge in [0.1, 0.15) is 5.82 Å². The Labute approximate surface area is 112 Å². The van der Waals surface area contributed by atoms with Gasteiger partial charge in [-0.3, -0.25) is 4.79 Å². The van der Waals surface area contributed by atoms with Crippen molar-refractivity contribution in [3.05, 3.63) is 39.6 Å². The van der Waals surface area contributed by atoms with E-state index in [1.807, 2.05) is 0 Å². The third-order valence-electron chi connectivity index (χ3n) is 2.40. The first-order chi connectivity index (χ1) is 8.32. The topological polar surface area (TPSA) is 66.4 Å². The molecule has 1 amide bonds. The largest absolute Gasteiger partial charge is 0.478 e. The number of carboxylic acids is 1. The van der Waals surface area contributed by atoms with Crippen molar-refractivity contribution in [2.45, 2.75) is 13.8 Å². The molecule has 6 heteroatoms. The van der Waals surface area contributed by atoms with Gasteiger partial charge in [-0.15, -0.1) is 0 Å². The second kappa shape index (κ2) is 5.77. The second-order valence-corrected chi connectivity index (χ2v) is 4.49. The minimum absolute atomic E-state index is 0.0336. The Hall–Kier alpha value is -1.69. The monoisotopic (exact) mass is 315 g/mol. The third-order valence-corrected chi connectivity index (χ3v) is 3.01. The molecule has 0 fully saturated rings. The van der Waals surface area contributed by atoms with Crippen molar-refractivity contribution < 1.29 is 19.1 Å². The summed E-state index contributed by atoms with van der Waals surface area (Å²) >= 11 is 2.99. The van der Waals surface area contributed by atoms with Gasteiger partial charge < -0.3 is 10.4 Å².